The molecule has 1 aromatic rings. The molecule has 0 aromatic heterocycles. The molecule has 0 radical (unpaired) electrons. The molecular formula is C14H20FNO2. The van der Waals surface area contributed by atoms with Gasteiger partial charge in [0.15, 0.2) is 0 Å². The molecular weight excluding hydrogens is 233 g/mol. The van der Waals surface area contributed by atoms with E-state index in [-0.39, 0.29) is 18.3 Å². The Hall–Kier alpha value is -1.42. The fraction of sp³-hybridized carbons (Fsp3) is 0.500. The number of aliphatic carboxylic acids is 1. The van der Waals surface area contributed by atoms with E-state index in [4.69, 9.17) is 5.11 Å². The quantitative estimate of drug-likeness (QED) is 0.812. The first-order chi connectivity index (χ1) is 8.49. The molecule has 3 nitrogen and oxygen atoms in total. The number of hydrogen-bond acceptors (Lipinski definition) is 2. The van der Waals surface area contributed by atoms with Crippen LogP contribution in [0.1, 0.15) is 25.3 Å². The summed E-state index contributed by atoms with van der Waals surface area (Å²) in [6, 6.07) is 6.89. The highest BCUT2D eigenvalue weighted by Gasteiger charge is 2.10. The van der Waals surface area contributed by atoms with Crippen LogP contribution in [0.5, 0.6) is 0 Å². The molecule has 0 heterocycles. The smallest absolute Gasteiger partial charge is 0.304 e. The first kappa shape index (κ1) is 14.6. The fourth-order valence-electron chi connectivity index (χ4n) is 1.78. The number of carboxylic acid groups (broad SMARTS) is 1. The van der Waals surface area contributed by atoms with Crippen LogP contribution in [0.2, 0.25) is 0 Å². The Morgan fingerprint density at radius 3 is 2.83 bits per heavy atom. The van der Waals surface area contributed by atoms with Crippen molar-refractivity contribution >= 4 is 5.97 Å². The van der Waals surface area contributed by atoms with Gasteiger partial charge in [0.25, 0.3) is 0 Å². The van der Waals surface area contributed by atoms with Crippen LogP contribution in [-0.2, 0) is 11.2 Å². The van der Waals surface area contributed by atoms with E-state index in [2.05, 4.69) is 6.92 Å². The second kappa shape index (κ2) is 7.11. The molecule has 0 saturated heterocycles. The minimum absolute atomic E-state index is 0.154. The number of benzene rings is 1. The number of halogens is 1. The van der Waals surface area contributed by atoms with Crippen LogP contribution in [0.3, 0.4) is 0 Å². The third-order valence-electron chi connectivity index (χ3n) is 3.17. The van der Waals surface area contributed by atoms with Crippen molar-refractivity contribution in [1.82, 2.24) is 4.90 Å². The van der Waals surface area contributed by atoms with Crippen LogP contribution < -0.4 is 0 Å². The maximum absolute atomic E-state index is 13.0. The highest BCUT2D eigenvalue weighted by atomic mass is 19.1. The van der Waals surface area contributed by atoms with Gasteiger partial charge in [0.2, 0.25) is 0 Å². The van der Waals surface area contributed by atoms with Gasteiger partial charge in [-0.15, -0.1) is 0 Å². The zero-order valence-corrected chi connectivity index (χ0v) is 10.9. The molecule has 100 valence electrons. The summed E-state index contributed by atoms with van der Waals surface area (Å²) < 4.78 is 13.0. The van der Waals surface area contributed by atoms with Crippen molar-refractivity contribution < 1.29 is 14.3 Å². The standard InChI is InChI=1S/C14H20FNO2/c1-11(16(2)9-8-14(17)18)6-7-12-4-3-5-13(15)10-12/h3-5,10-11H,6-9H2,1-2H3,(H,17,18). The van der Waals surface area contributed by atoms with E-state index in [0.717, 1.165) is 18.4 Å². The van der Waals surface area contributed by atoms with Gasteiger partial charge in [-0.1, -0.05) is 12.1 Å². The van der Waals surface area contributed by atoms with Crippen molar-refractivity contribution in [3.8, 4) is 0 Å². The summed E-state index contributed by atoms with van der Waals surface area (Å²) in [7, 11) is 1.92. The molecule has 0 bridgehead atoms. The van der Waals surface area contributed by atoms with Gasteiger partial charge in [0.1, 0.15) is 5.82 Å². The summed E-state index contributed by atoms with van der Waals surface area (Å²) in [5.41, 5.74) is 0.980. The van der Waals surface area contributed by atoms with Gasteiger partial charge in [0.05, 0.1) is 6.42 Å². The third-order valence-corrected chi connectivity index (χ3v) is 3.17. The van der Waals surface area contributed by atoms with Gasteiger partial charge in [-0.2, -0.15) is 0 Å². The summed E-state index contributed by atoms with van der Waals surface area (Å²) in [6.07, 6.45) is 1.84. The Labute approximate surface area is 107 Å². The third kappa shape index (κ3) is 5.27. The molecule has 0 amide bonds. The van der Waals surface area contributed by atoms with Gasteiger partial charge in [0, 0.05) is 12.6 Å². The van der Waals surface area contributed by atoms with Gasteiger partial charge < -0.3 is 10.0 Å². The second-order valence-electron chi connectivity index (χ2n) is 4.64. The van der Waals surface area contributed by atoms with E-state index in [1.807, 2.05) is 18.0 Å². The Bertz CT molecular complexity index is 395. The van der Waals surface area contributed by atoms with Crippen LogP contribution in [0.15, 0.2) is 24.3 Å². The number of rotatable bonds is 7. The fourth-order valence-corrected chi connectivity index (χ4v) is 1.78. The molecule has 0 fully saturated rings. The minimum Gasteiger partial charge on any atom is -0.481 e. The first-order valence-corrected chi connectivity index (χ1v) is 6.15. The van der Waals surface area contributed by atoms with Crippen molar-refractivity contribution in [1.29, 1.82) is 0 Å². The van der Waals surface area contributed by atoms with Crippen molar-refractivity contribution in [3.05, 3.63) is 35.6 Å². The van der Waals surface area contributed by atoms with Gasteiger partial charge in [-0.25, -0.2) is 4.39 Å². The van der Waals surface area contributed by atoms with Crippen molar-refractivity contribution in [2.24, 2.45) is 0 Å². The topological polar surface area (TPSA) is 40.5 Å². The van der Waals surface area contributed by atoms with Gasteiger partial charge in [-0.05, 0) is 44.5 Å². The molecule has 1 N–H and O–H groups in total. The lowest BCUT2D eigenvalue weighted by Gasteiger charge is -2.23. The number of aryl methyl sites for hydroxylation is 1. The van der Waals surface area contributed by atoms with E-state index in [1.54, 1.807) is 12.1 Å². The summed E-state index contributed by atoms with van der Waals surface area (Å²) >= 11 is 0. The molecule has 1 unspecified atom stereocenters. The predicted octanol–water partition coefficient (Wildman–Crippen LogP) is 2.55. The Balaban J connectivity index is 2.36. The average Bonchev–Trinajstić information content (AvgIpc) is 2.33. The molecule has 1 aromatic carbocycles. The lowest BCUT2D eigenvalue weighted by atomic mass is 10.1. The molecule has 0 aliphatic heterocycles. The normalized spacial score (nSPS) is 12.7. The Kier molecular flexibility index (Phi) is 5.78. The average molecular weight is 253 g/mol. The maximum atomic E-state index is 13.0. The monoisotopic (exact) mass is 253 g/mol. The number of hydrogen-bond donors (Lipinski definition) is 1. The molecule has 0 spiro atoms. The van der Waals surface area contributed by atoms with E-state index in [0.29, 0.717) is 6.54 Å². The first-order valence-electron chi connectivity index (χ1n) is 6.15. The summed E-state index contributed by atoms with van der Waals surface area (Å²) in [5.74, 6) is -0.987. The van der Waals surface area contributed by atoms with Crippen molar-refractivity contribution in [3.63, 3.8) is 0 Å². The van der Waals surface area contributed by atoms with E-state index in [9.17, 15) is 9.18 Å². The van der Waals surface area contributed by atoms with Crippen LogP contribution in [0.4, 0.5) is 4.39 Å². The van der Waals surface area contributed by atoms with Crippen LogP contribution in [-0.4, -0.2) is 35.6 Å². The number of nitrogens with zero attached hydrogens (tertiary/aromatic N) is 1. The van der Waals surface area contributed by atoms with E-state index in [1.165, 1.54) is 6.07 Å². The van der Waals surface area contributed by atoms with Crippen molar-refractivity contribution in [2.75, 3.05) is 13.6 Å². The highest BCUT2D eigenvalue weighted by molar-refractivity contribution is 5.66. The largest absolute Gasteiger partial charge is 0.481 e. The summed E-state index contributed by atoms with van der Waals surface area (Å²) in [5, 5.41) is 8.61. The van der Waals surface area contributed by atoms with E-state index < -0.39 is 5.97 Å². The SMILES string of the molecule is CC(CCc1cccc(F)c1)N(C)CCC(=O)O. The van der Waals surface area contributed by atoms with Gasteiger partial charge >= 0.3 is 5.97 Å². The zero-order valence-electron chi connectivity index (χ0n) is 10.9. The highest BCUT2D eigenvalue weighted by Crippen LogP contribution is 2.10. The second-order valence-corrected chi connectivity index (χ2v) is 4.64. The Morgan fingerprint density at radius 1 is 1.50 bits per heavy atom. The minimum atomic E-state index is -0.779. The molecule has 1 rings (SSSR count). The van der Waals surface area contributed by atoms with Gasteiger partial charge in [-0.3, -0.25) is 4.79 Å². The number of carbonyl (C=O) groups is 1. The lowest BCUT2D eigenvalue weighted by molar-refractivity contribution is -0.137. The zero-order chi connectivity index (χ0) is 13.5. The van der Waals surface area contributed by atoms with E-state index >= 15 is 0 Å². The molecule has 1 atom stereocenters. The molecule has 4 heteroatoms. The molecule has 18 heavy (non-hydrogen) atoms. The van der Waals surface area contributed by atoms with Crippen LogP contribution >= 0.6 is 0 Å². The van der Waals surface area contributed by atoms with Crippen molar-refractivity contribution in [2.45, 2.75) is 32.2 Å². The predicted molar refractivity (Wildman–Crippen MR) is 69.1 cm³/mol. The molecule has 0 saturated carbocycles. The molecule has 0 aliphatic carbocycles. The molecule has 0 aliphatic rings. The summed E-state index contributed by atoms with van der Waals surface area (Å²) in [6.45, 7) is 2.60. The van der Waals surface area contributed by atoms with Crippen LogP contribution in [0, 0.1) is 5.82 Å². The lowest BCUT2D eigenvalue weighted by Crippen LogP contribution is -2.31. The maximum Gasteiger partial charge on any atom is 0.304 e. The Morgan fingerprint density at radius 2 is 2.22 bits per heavy atom. The summed E-state index contributed by atoms with van der Waals surface area (Å²) in [4.78, 5) is 12.5. The van der Waals surface area contributed by atoms with Crippen LogP contribution in [0.25, 0.3) is 0 Å². The number of carboxylic acids is 1.